The van der Waals surface area contributed by atoms with Gasteiger partial charge in [0.15, 0.2) is 5.49 Å². The molecule has 4 aromatic rings. The molecule has 0 bridgehead atoms. The van der Waals surface area contributed by atoms with Crippen molar-refractivity contribution in [2.75, 3.05) is 6.61 Å². The molecule has 8 nitrogen and oxygen atoms in total. The van der Waals surface area contributed by atoms with Crippen LogP contribution in [0.25, 0.3) is 16.7 Å². The summed E-state index contributed by atoms with van der Waals surface area (Å²) in [4.78, 5) is 48.4. The van der Waals surface area contributed by atoms with Gasteiger partial charge in [-0.15, -0.1) is 0 Å². The Morgan fingerprint density at radius 2 is 1.76 bits per heavy atom. The second kappa shape index (κ2) is 9.05. The summed E-state index contributed by atoms with van der Waals surface area (Å²) < 4.78 is 8.33. The molecular weight excluding hydrogens is 432 g/mol. The summed E-state index contributed by atoms with van der Waals surface area (Å²) in [6.45, 7) is 7.34. The van der Waals surface area contributed by atoms with Gasteiger partial charge in [-0.05, 0) is 30.7 Å². The molecule has 3 aromatic heterocycles. The summed E-state index contributed by atoms with van der Waals surface area (Å²) in [5, 5.41) is 0.227. The summed E-state index contributed by atoms with van der Waals surface area (Å²) in [5.74, 6) is -1.07. The number of aromatic nitrogens is 3. The van der Waals surface area contributed by atoms with E-state index in [0.29, 0.717) is 11.3 Å². The highest BCUT2D eigenvalue weighted by Gasteiger charge is 2.24. The molecular formula is C26H26N4O4. The number of ether oxygens (including phenoxy) is 1. The van der Waals surface area contributed by atoms with Crippen LogP contribution in [0, 0.1) is 5.41 Å². The lowest BCUT2D eigenvalue weighted by molar-refractivity contribution is -0.125. The fourth-order valence-electron chi connectivity index (χ4n) is 3.54. The van der Waals surface area contributed by atoms with Crippen molar-refractivity contribution in [3.05, 3.63) is 87.8 Å². The third-order valence-electron chi connectivity index (χ3n) is 5.32. The largest absolute Gasteiger partial charge is 0.462 e. The molecule has 0 aliphatic carbocycles. The van der Waals surface area contributed by atoms with Crippen molar-refractivity contribution < 1.29 is 14.3 Å². The van der Waals surface area contributed by atoms with Gasteiger partial charge in [0.1, 0.15) is 16.9 Å². The molecule has 1 amide bonds. The zero-order valence-electron chi connectivity index (χ0n) is 19.6. The number of carbonyl (C=O) groups excluding carboxylic acids is 2. The number of amides is 1. The second-order valence-corrected chi connectivity index (χ2v) is 8.92. The van der Waals surface area contributed by atoms with Crippen molar-refractivity contribution in [2.24, 2.45) is 10.4 Å². The van der Waals surface area contributed by atoms with Gasteiger partial charge in [-0.2, -0.15) is 4.99 Å². The highest BCUT2D eigenvalue weighted by Crippen LogP contribution is 2.17. The lowest BCUT2D eigenvalue weighted by atomic mass is 9.96. The van der Waals surface area contributed by atoms with E-state index in [0.717, 1.165) is 5.56 Å². The maximum Gasteiger partial charge on any atom is 0.341 e. The summed E-state index contributed by atoms with van der Waals surface area (Å²) in [5.41, 5.74) is 0.708. The zero-order valence-corrected chi connectivity index (χ0v) is 19.6. The number of esters is 1. The Kier molecular flexibility index (Phi) is 6.15. The number of pyridine rings is 2. The van der Waals surface area contributed by atoms with Gasteiger partial charge in [0.05, 0.1) is 18.5 Å². The van der Waals surface area contributed by atoms with Crippen LogP contribution in [0.5, 0.6) is 0 Å². The van der Waals surface area contributed by atoms with Crippen LogP contribution in [0.15, 0.2) is 70.6 Å². The second-order valence-electron chi connectivity index (χ2n) is 8.92. The topological polar surface area (TPSA) is 95.0 Å². The van der Waals surface area contributed by atoms with Crippen molar-refractivity contribution in [3.63, 3.8) is 0 Å². The number of benzene rings is 1. The van der Waals surface area contributed by atoms with Gasteiger partial charge >= 0.3 is 5.97 Å². The van der Waals surface area contributed by atoms with E-state index >= 15 is 0 Å². The normalized spacial score (nSPS) is 12.3. The zero-order chi connectivity index (χ0) is 24.5. The van der Waals surface area contributed by atoms with Crippen molar-refractivity contribution in [3.8, 4) is 0 Å². The van der Waals surface area contributed by atoms with E-state index in [2.05, 4.69) is 4.99 Å². The summed E-state index contributed by atoms with van der Waals surface area (Å²) >= 11 is 0. The SMILES string of the molecule is CCOC(=O)c1cc2c(=O)n3ccccc3nc2n(Cc2ccccc2)c1=NC(=O)C(C)(C)C. The molecule has 0 aliphatic heterocycles. The maximum atomic E-state index is 13.4. The number of carbonyl (C=O) groups is 2. The molecule has 0 N–H and O–H groups in total. The average molecular weight is 459 g/mol. The number of hydrogen-bond donors (Lipinski definition) is 0. The van der Waals surface area contributed by atoms with Gasteiger partial charge in [0.25, 0.3) is 11.5 Å². The third-order valence-corrected chi connectivity index (χ3v) is 5.32. The lowest BCUT2D eigenvalue weighted by Crippen LogP contribution is -2.34. The van der Waals surface area contributed by atoms with Gasteiger partial charge in [-0.3, -0.25) is 14.0 Å². The Balaban J connectivity index is 2.18. The maximum absolute atomic E-state index is 13.4. The number of nitrogens with zero attached hydrogens (tertiary/aromatic N) is 4. The van der Waals surface area contributed by atoms with E-state index < -0.39 is 17.3 Å². The quantitative estimate of drug-likeness (QED) is 0.345. The Morgan fingerprint density at radius 3 is 2.44 bits per heavy atom. The molecule has 0 unspecified atom stereocenters. The summed E-state index contributed by atoms with van der Waals surface area (Å²) in [6, 6.07) is 16.2. The van der Waals surface area contributed by atoms with Gasteiger partial charge in [-0.1, -0.05) is 57.2 Å². The first kappa shape index (κ1) is 23.1. The molecule has 0 aliphatic rings. The first-order valence-electron chi connectivity index (χ1n) is 11.1. The number of rotatable bonds is 4. The predicted octanol–water partition coefficient (Wildman–Crippen LogP) is 3.35. The minimum Gasteiger partial charge on any atom is -0.462 e. The van der Waals surface area contributed by atoms with Crippen LogP contribution in [0.4, 0.5) is 0 Å². The van der Waals surface area contributed by atoms with E-state index in [1.54, 1.807) is 56.7 Å². The van der Waals surface area contributed by atoms with Crippen molar-refractivity contribution in [1.82, 2.24) is 14.0 Å². The van der Waals surface area contributed by atoms with Crippen molar-refractivity contribution in [2.45, 2.75) is 34.2 Å². The van der Waals surface area contributed by atoms with Gasteiger partial charge in [0.2, 0.25) is 0 Å². The molecule has 1 aromatic carbocycles. The minimum atomic E-state index is -0.776. The van der Waals surface area contributed by atoms with Gasteiger partial charge in [-0.25, -0.2) is 9.78 Å². The van der Waals surface area contributed by atoms with E-state index in [9.17, 15) is 14.4 Å². The van der Waals surface area contributed by atoms with Gasteiger partial charge < -0.3 is 9.30 Å². The van der Waals surface area contributed by atoms with Crippen LogP contribution < -0.4 is 11.0 Å². The van der Waals surface area contributed by atoms with Crippen LogP contribution in [0.2, 0.25) is 0 Å². The molecule has 34 heavy (non-hydrogen) atoms. The Hall–Kier alpha value is -4.07. The van der Waals surface area contributed by atoms with Crippen LogP contribution in [-0.2, 0) is 16.1 Å². The smallest absolute Gasteiger partial charge is 0.341 e. The van der Waals surface area contributed by atoms with Crippen LogP contribution >= 0.6 is 0 Å². The molecule has 0 fully saturated rings. The van der Waals surface area contributed by atoms with Gasteiger partial charge in [0, 0.05) is 11.6 Å². The highest BCUT2D eigenvalue weighted by atomic mass is 16.5. The average Bonchev–Trinajstić information content (AvgIpc) is 2.81. The Bertz CT molecular complexity index is 1530. The predicted molar refractivity (Wildman–Crippen MR) is 128 cm³/mol. The monoisotopic (exact) mass is 458 g/mol. The highest BCUT2D eigenvalue weighted by molar-refractivity contribution is 5.94. The van der Waals surface area contributed by atoms with Crippen molar-refractivity contribution >= 4 is 28.6 Å². The molecule has 0 atom stereocenters. The summed E-state index contributed by atoms with van der Waals surface area (Å²) in [6.07, 6.45) is 1.62. The molecule has 0 spiro atoms. The molecule has 3 heterocycles. The molecule has 0 radical (unpaired) electrons. The molecule has 8 heteroatoms. The molecule has 174 valence electrons. The minimum absolute atomic E-state index is 0.0395. The molecule has 0 saturated carbocycles. The third kappa shape index (κ3) is 4.39. The van der Waals surface area contributed by atoms with Crippen molar-refractivity contribution in [1.29, 1.82) is 0 Å². The fraction of sp³-hybridized carbons (Fsp3) is 0.269. The van der Waals surface area contributed by atoms with Crippen LogP contribution in [0.3, 0.4) is 0 Å². The van der Waals surface area contributed by atoms with E-state index in [1.165, 1.54) is 10.5 Å². The number of hydrogen-bond acceptors (Lipinski definition) is 5. The van der Waals surface area contributed by atoms with E-state index in [-0.39, 0.29) is 35.1 Å². The van der Waals surface area contributed by atoms with Crippen LogP contribution in [-0.4, -0.2) is 32.4 Å². The number of fused-ring (bicyclic) bond motifs is 2. The van der Waals surface area contributed by atoms with E-state index in [4.69, 9.17) is 9.72 Å². The first-order valence-corrected chi connectivity index (χ1v) is 11.1. The Labute approximate surface area is 196 Å². The van der Waals surface area contributed by atoms with E-state index in [1.807, 2.05) is 30.3 Å². The standard InChI is InChI=1S/C26H26N4O4/c1-5-34-24(32)19-15-18-21(27-20-13-9-10-14-29(20)23(18)31)30(16-17-11-7-6-8-12-17)22(19)28-25(33)26(2,3)4/h6-15H,5,16H2,1-4H3. The molecule has 4 rings (SSSR count). The fourth-order valence-corrected chi connectivity index (χ4v) is 3.54. The molecule has 0 saturated heterocycles. The lowest BCUT2D eigenvalue weighted by Gasteiger charge is -2.17. The summed E-state index contributed by atoms with van der Waals surface area (Å²) in [7, 11) is 0. The van der Waals surface area contributed by atoms with Crippen LogP contribution in [0.1, 0.15) is 43.6 Å². The Morgan fingerprint density at radius 1 is 1.06 bits per heavy atom. The first-order chi connectivity index (χ1) is 16.2.